The van der Waals surface area contributed by atoms with Gasteiger partial charge in [-0.25, -0.2) is 0 Å². The van der Waals surface area contributed by atoms with Crippen LogP contribution >= 0.6 is 0 Å². The Morgan fingerprint density at radius 2 is 2.04 bits per heavy atom. The molecule has 6 heteroatoms. The Bertz CT molecular complexity index is 683. The molecule has 0 radical (unpaired) electrons. The highest BCUT2D eigenvalue weighted by atomic mass is 16.6. The van der Waals surface area contributed by atoms with Crippen molar-refractivity contribution in [2.24, 2.45) is 11.3 Å². The molecule has 0 amide bonds. The van der Waals surface area contributed by atoms with Crippen molar-refractivity contribution in [3.8, 4) is 0 Å². The fourth-order valence-electron chi connectivity index (χ4n) is 6.31. The molecule has 0 aromatic carbocycles. The number of epoxide rings is 2. The predicted molar refractivity (Wildman–Crippen MR) is 103 cm³/mol. The third-order valence-corrected chi connectivity index (χ3v) is 7.93. The molecule has 2 heterocycles. The molecule has 4 rings (SSSR count). The molecule has 6 nitrogen and oxygen atoms in total. The van der Waals surface area contributed by atoms with Gasteiger partial charge in [-0.05, 0) is 39.5 Å². The highest BCUT2D eigenvalue weighted by molar-refractivity contribution is 5.66. The number of aliphatic hydroxyl groups is 2. The summed E-state index contributed by atoms with van der Waals surface area (Å²) in [5.74, 6) is -0.374. The second-order valence-corrected chi connectivity index (χ2v) is 10.2. The zero-order chi connectivity index (χ0) is 20.5. The number of carbonyl (C=O) groups is 1. The SMILES string of the molecule is C=C1CC[C@@H]2O[C@]2(CO)C[C@H]2O[C@@]23[C@H](C(C)(C)O)CC[C@@]3(C)[C@H](OC(C)=O)C1. The minimum atomic E-state index is -0.916. The molecule has 1 spiro atoms. The lowest BCUT2D eigenvalue weighted by atomic mass is 9.65. The summed E-state index contributed by atoms with van der Waals surface area (Å²) in [6.07, 6.45) is 3.94. The summed E-state index contributed by atoms with van der Waals surface area (Å²) in [4.78, 5) is 11.9. The number of esters is 1. The molecule has 28 heavy (non-hydrogen) atoms. The maximum Gasteiger partial charge on any atom is 0.302 e. The van der Waals surface area contributed by atoms with Crippen molar-refractivity contribution in [3.05, 3.63) is 12.2 Å². The molecule has 4 aliphatic rings. The lowest BCUT2D eigenvalue weighted by Gasteiger charge is -2.41. The molecule has 2 N–H and O–H groups in total. The minimum absolute atomic E-state index is 0.00835. The van der Waals surface area contributed by atoms with Crippen LogP contribution in [0.1, 0.15) is 66.2 Å². The topological polar surface area (TPSA) is 91.8 Å². The molecular formula is C22H34O6. The van der Waals surface area contributed by atoms with E-state index in [2.05, 4.69) is 13.5 Å². The van der Waals surface area contributed by atoms with E-state index in [9.17, 15) is 15.0 Å². The summed E-state index contributed by atoms with van der Waals surface area (Å²) in [7, 11) is 0. The van der Waals surface area contributed by atoms with Crippen LogP contribution in [0.15, 0.2) is 12.2 Å². The lowest BCUT2D eigenvalue weighted by molar-refractivity contribution is -0.157. The molecule has 2 saturated carbocycles. The highest BCUT2D eigenvalue weighted by Gasteiger charge is 2.79. The van der Waals surface area contributed by atoms with Crippen LogP contribution in [-0.2, 0) is 19.0 Å². The minimum Gasteiger partial charge on any atom is -0.462 e. The maximum atomic E-state index is 11.9. The van der Waals surface area contributed by atoms with Gasteiger partial charge >= 0.3 is 5.97 Å². The van der Waals surface area contributed by atoms with Gasteiger partial charge in [0, 0.05) is 31.1 Å². The molecule has 2 aliphatic heterocycles. The van der Waals surface area contributed by atoms with Crippen molar-refractivity contribution in [1.29, 1.82) is 0 Å². The van der Waals surface area contributed by atoms with Gasteiger partial charge in [-0.1, -0.05) is 19.1 Å². The molecule has 4 fully saturated rings. The summed E-state index contributed by atoms with van der Waals surface area (Å²) < 4.78 is 18.2. The first-order chi connectivity index (χ1) is 13.0. The molecule has 0 aromatic heterocycles. The van der Waals surface area contributed by atoms with E-state index in [0.717, 1.165) is 31.3 Å². The molecule has 7 atom stereocenters. The molecule has 2 saturated heterocycles. The van der Waals surface area contributed by atoms with E-state index in [1.165, 1.54) is 6.92 Å². The molecule has 158 valence electrons. The Kier molecular flexibility index (Phi) is 4.55. The van der Waals surface area contributed by atoms with Crippen LogP contribution in [0, 0.1) is 11.3 Å². The van der Waals surface area contributed by atoms with Gasteiger partial charge in [0.05, 0.1) is 24.4 Å². The van der Waals surface area contributed by atoms with Gasteiger partial charge < -0.3 is 24.4 Å². The first-order valence-corrected chi connectivity index (χ1v) is 10.5. The van der Waals surface area contributed by atoms with E-state index >= 15 is 0 Å². The summed E-state index contributed by atoms with van der Waals surface area (Å²) in [6, 6.07) is 0. The average molecular weight is 395 g/mol. The third-order valence-electron chi connectivity index (χ3n) is 7.93. The molecule has 2 aliphatic carbocycles. The van der Waals surface area contributed by atoms with Gasteiger partial charge in [0.1, 0.15) is 17.3 Å². The zero-order valence-corrected chi connectivity index (χ0v) is 17.5. The smallest absolute Gasteiger partial charge is 0.302 e. The Hall–Kier alpha value is -0.950. The monoisotopic (exact) mass is 394 g/mol. The van der Waals surface area contributed by atoms with Crippen molar-refractivity contribution in [2.75, 3.05) is 6.61 Å². The standard InChI is InChI=1S/C22H34O6/c1-13-6-7-16-21(12-23,27-16)11-18-22(28-18)15(19(3,4)25)8-9-20(22,5)17(10-13)26-14(2)24/h15-18,23,25H,1,6-12H2,2-5H3/t15-,16-,17+,18+,20-,21-,22-/m0/s1. The van der Waals surface area contributed by atoms with Gasteiger partial charge in [0.25, 0.3) is 0 Å². The van der Waals surface area contributed by atoms with Crippen LogP contribution in [0.4, 0.5) is 0 Å². The largest absolute Gasteiger partial charge is 0.462 e. The number of fused-ring (bicyclic) bond motifs is 1. The van der Waals surface area contributed by atoms with Crippen LogP contribution in [0.25, 0.3) is 0 Å². The quantitative estimate of drug-likeness (QED) is 0.434. The Morgan fingerprint density at radius 1 is 1.32 bits per heavy atom. The zero-order valence-electron chi connectivity index (χ0n) is 17.5. The summed E-state index contributed by atoms with van der Waals surface area (Å²) in [6.45, 7) is 11.4. The first kappa shape index (κ1) is 20.3. The van der Waals surface area contributed by atoms with Gasteiger partial charge in [0.2, 0.25) is 0 Å². The fraction of sp³-hybridized carbons (Fsp3) is 0.864. The number of aliphatic hydroxyl groups excluding tert-OH is 1. The predicted octanol–water partition coefficient (Wildman–Crippen LogP) is 2.50. The second kappa shape index (κ2) is 6.27. The first-order valence-electron chi connectivity index (χ1n) is 10.5. The Morgan fingerprint density at radius 3 is 2.64 bits per heavy atom. The Labute approximate surface area is 167 Å². The van der Waals surface area contributed by atoms with Crippen LogP contribution in [-0.4, -0.2) is 57.9 Å². The Balaban J connectivity index is 1.75. The molecule has 0 bridgehead atoms. The van der Waals surface area contributed by atoms with Gasteiger partial charge in [-0.15, -0.1) is 0 Å². The van der Waals surface area contributed by atoms with Crippen LogP contribution in [0.5, 0.6) is 0 Å². The number of hydrogen-bond donors (Lipinski definition) is 2. The van der Waals surface area contributed by atoms with E-state index in [4.69, 9.17) is 14.2 Å². The van der Waals surface area contributed by atoms with Gasteiger partial charge in [0.15, 0.2) is 0 Å². The molecular weight excluding hydrogens is 360 g/mol. The maximum absolute atomic E-state index is 11.9. The summed E-state index contributed by atoms with van der Waals surface area (Å²) in [5.41, 5.74) is -1.46. The van der Waals surface area contributed by atoms with Gasteiger partial charge in [-0.2, -0.15) is 0 Å². The summed E-state index contributed by atoms with van der Waals surface area (Å²) >= 11 is 0. The summed E-state index contributed by atoms with van der Waals surface area (Å²) in [5, 5.41) is 21.0. The van der Waals surface area contributed by atoms with Crippen LogP contribution < -0.4 is 0 Å². The van der Waals surface area contributed by atoms with E-state index in [1.807, 2.05) is 13.8 Å². The van der Waals surface area contributed by atoms with Crippen molar-refractivity contribution in [1.82, 2.24) is 0 Å². The van der Waals surface area contributed by atoms with Crippen molar-refractivity contribution in [2.45, 2.75) is 101 Å². The average Bonchev–Trinajstić information content (AvgIpc) is 3.43. The highest BCUT2D eigenvalue weighted by Crippen LogP contribution is 2.70. The van der Waals surface area contributed by atoms with E-state index in [-0.39, 0.29) is 36.8 Å². The number of hydrogen-bond acceptors (Lipinski definition) is 6. The molecule has 0 unspecified atom stereocenters. The third kappa shape index (κ3) is 2.87. The van der Waals surface area contributed by atoms with E-state index in [0.29, 0.717) is 12.8 Å². The van der Waals surface area contributed by atoms with Gasteiger partial charge in [-0.3, -0.25) is 4.79 Å². The second-order valence-electron chi connectivity index (χ2n) is 10.2. The van der Waals surface area contributed by atoms with Crippen molar-refractivity contribution >= 4 is 5.97 Å². The normalized spacial score (nSPS) is 48.0. The van der Waals surface area contributed by atoms with Crippen molar-refractivity contribution in [3.63, 3.8) is 0 Å². The number of ether oxygens (including phenoxy) is 3. The van der Waals surface area contributed by atoms with Crippen LogP contribution in [0.2, 0.25) is 0 Å². The number of rotatable bonds is 3. The molecule has 0 aromatic rings. The number of carbonyl (C=O) groups excluding carboxylic acids is 1. The van der Waals surface area contributed by atoms with E-state index in [1.54, 1.807) is 0 Å². The van der Waals surface area contributed by atoms with E-state index < -0.39 is 22.2 Å². The fourth-order valence-corrected chi connectivity index (χ4v) is 6.31. The lowest BCUT2D eigenvalue weighted by Crippen LogP contribution is -2.52. The van der Waals surface area contributed by atoms with Crippen molar-refractivity contribution < 1.29 is 29.2 Å². The van der Waals surface area contributed by atoms with Crippen LogP contribution in [0.3, 0.4) is 0 Å².